The summed E-state index contributed by atoms with van der Waals surface area (Å²) in [6.07, 6.45) is 4.49. The zero-order valence-corrected chi connectivity index (χ0v) is 14.5. The van der Waals surface area contributed by atoms with Crippen LogP contribution in [-0.2, 0) is 0 Å². The van der Waals surface area contributed by atoms with E-state index in [4.69, 9.17) is 10.2 Å². The van der Waals surface area contributed by atoms with Crippen LogP contribution in [0.1, 0.15) is 0 Å². The van der Waals surface area contributed by atoms with Gasteiger partial charge in [0.05, 0.1) is 17.2 Å². The Kier molecular flexibility index (Phi) is 3.68. The number of para-hydroxylation sites is 2. The second-order valence-corrected chi connectivity index (χ2v) is 5.97. The molecule has 0 unspecified atom stereocenters. The number of hydrogen-bond donors (Lipinski definition) is 2. The van der Waals surface area contributed by atoms with Gasteiger partial charge in [0.1, 0.15) is 6.33 Å². The fourth-order valence-corrected chi connectivity index (χ4v) is 2.95. The van der Waals surface area contributed by atoms with Gasteiger partial charge in [-0.25, -0.2) is 24.5 Å². The van der Waals surface area contributed by atoms with Gasteiger partial charge >= 0.3 is 0 Å². The number of fused-ring (bicyclic) bond motifs is 1. The van der Waals surface area contributed by atoms with E-state index in [0.717, 1.165) is 22.3 Å². The summed E-state index contributed by atoms with van der Waals surface area (Å²) in [5.41, 5.74) is 9.36. The lowest BCUT2D eigenvalue weighted by Gasteiger charge is -2.08. The Hall–Kier alpha value is -4.27. The van der Waals surface area contributed by atoms with E-state index in [1.807, 2.05) is 48.5 Å². The quantitative estimate of drug-likeness (QED) is 0.495. The molecule has 3 heterocycles. The molecule has 0 bridgehead atoms. The van der Waals surface area contributed by atoms with E-state index in [2.05, 4.69) is 30.2 Å². The molecule has 0 saturated carbocycles. The second-order valence-electron chi connectivity index (χ2n) is 5.97. The third kappa shape index (κ3) is 2.80. The highest BCUT2D eigenvalue weighted by Crippen LogP contribution is 2.24. The molecule has 0 radical (unpaired) electrons. The van der Waals surface area contributed by atoms with Crippen LogP contribution in [-0.4, -0.2) is 29.5 Å². The lowest BCUT2D eigenvalue weighted by molar-refractivity contribution is 0.572. The molecule has 5 aromatic rings. The molecule has 3 aromatic heterocycles. The monoisotopic (exact) mass is 370 g/mol. The van der Waals surface area contributed by atoms with Gasteiger partial charge in [-0.2, -0.15) is 4.98 Å². The van der Waals surface area contributed by atoms with Crippen LogP contribution >= 0.6 is 0 Å². The normalized spacial score (nSPS) is 11.0. The molecule has 0 aliphatic carbocycles. The summed E-state index contributed by atoms with van der Waals surface area (Å²) in [5.74, 6) is 1.76. The third-order valence-electron chi connectivity index (χ3n) is 4.18. The number of benzene rings is 2. The van der Waals surface area contributed by atoms with Gasteiger partial charge in [0.15, 0.2) is 12.2 Å². The number of hydrogen-bond acceptors (Lipinski definition) is 8. The molecule has 0 atom stereocenters. The van der Waals surface area contributed by atoms with Crippen molar-refractivity contribution in [2.24, 2.45) is 0 Å². The van der Waals surface area contributed by atoms with Crippen LogP contribution in [0, 0.1) is 0 Å². The van der Waals surface area contributed by atoms with Crippen LogP contribution in [0.3, 0.4) is 0 Å². The van der Waals surface area contributed by atoms with Gasteiger partial charge in [0, 0.05) is 11.3 Å². The lowest BCUT2D eigenvalue weighted by atomic mass is 10.1. The van der Waals surface area contributed by atoms with Crippen molar-refractivity contribution in [1.82, 2.24) is 29.5 Å². The number of oxazole rings is 1. The van der Waals surface area contributed by atoms with E-state index < -0.39 is 0 Å². The number of nitrogens with zero attached hydrogens (tertiary/aromatic N) is 6. The van der Waals surface area contributed by atoms with Crippen molar-refractivity contribution in [1.29, 1.82) is 0 Å². The Morgan fingerprint density at radius 1 is 1.00 bits per heavy atom. The van der Waals surface area contributed by atoms with Gasteiger partial charge in [-0.05, 0) is 24.3 Å². The molecule has 0 aliphatic rings. The summed E-state index contributed by atoms with van der Waals surface area (Å²) in [7, 11) is 0. The summed E-state index contributed by atoms with van der Waals surface area (Å²) < 4.78 is 7.03. The minimum atomic E-state index is 0.311. The standard InChI is InChI=1S/C19H14N8O/c20-17-25-14-6-1-2-7-15(14)27(17)19-23-10-22-18(26-19)24-13-5-3-4-12(8-13)16-9-21-11-28-16/h1-11H,(H2,20,25)(H,22,23,24,26). The van der Waals surface area contributed by atoms with Crippen LogP contribution in [0.15, 0.2) is 71.9 Å². The number of aromatic nitrogens is 6. The molecular weight excluding hydrogens is 356 g/mol. The highest BCUT2D eigenvalue weighted by atomic mass is 16.3. The van der Waals surface area contributed by atoms with Crippen molar-refractivity contribution in [3.63, 3.8) is 0 Å². The fraction of sp³-hybridized carbons (Fsp3) is 0. The maximum absolute atomic E-state index is 6.08. The largest absolute Gasteiger partial charge is 0.444 e. The van der Waals surface area contributed by atoms with Crippen molar-refractivity contribution in [2.45, 2.75) is 0 Å². The SMILES string of the molecule is Nc1nc2ccccc2n1-c1ncnc(Nc2cccc(-c3cnco3)c2)n1. The van der Waals surface area contributed by atoms with E-state index in [1.165, 1.54) is 12.7 Å². The van der Waals surface area contributed by atoms with Crippen molar-refractivity contribution < 1.29 is 4.42 Å². The molecule has 0 saturated heterocycles. The van der Waals surface area contributed by atoms with Crippen molar-refractivity contribution in [2.75, 3.05) is 11.1 Å². The molecule has 0 aliphatic heterocycles. The van der Waals surface area contributed by atoms with Crippen LogP contribution in [0.25, 0.3) is 28.3 Å². The van der Waals surface area contributed by atoms with E-state index >= 15 is 0 Å². The number of nitrogen functional groups attached to an aromatic ring is 1. The summed E-state index contributed by atoms with van der Waals surface area (Å²) in [4.78, 5) is 21.2. The van der Waals surface area contributed by atoms with Gasteiger partial charge in [-0.15, -0.1) is 0 Å². The Morgan fingerprint density at radius 3 is 2.82 bits per heavy atom. The van der Waals surface area contributed by atoms with Gasteiger partial charge in [0.25, 0.3) is 0 Å². The smallest absolute Gasteiger partial charge is 0.241 e. The van der Waals surface area contributed by atoms with E-state index in [9.17, 15) is 0 Å². The average molecular weight is 370 g/mol. The van der Waals surface area contributed by atoms with Gasteiger partial charge < -0.3 is 15.5 Å². The molecule has 3 N–H and O–H groups in total. The minimum absolute atomic E-state index is 0.311. The zero-order chi connectivity index (χ0) is 18.9. The summed E-state index contributed by atoms with van der Waals surface area (Å²) in [6.45, 7) is 0. The number of imidazole rings is 1. The summed E-state index contributed by atoms with van der Waals surface area (Å²) >= 11 is 0. The molecule has 0 amide bonds. The Labute approximate surface area is 158 Å². The molecule has 0 fully saturated rings. The number of rotatable bonds is 4. The molecule has 5 rings (SSSR count). The van der Waals surface area contributed by atoms with Crippen molar-refractivity contribution in [3.8, 4) is 17.3 Å². The number of anilines is 3. The summed E-state index contributed by atoms with van der Waals surface area (Å²) in [6, 6.07) is 15.3. The van der Waals surface area contributed by atoms with Crippen LogP contribution in [0.4, 0.5) is 17.6 Å². The van der Waals surface area contributed by atoms with Gasteiger partial charge in [-0.1, -0.05) is 24.3 Å². The Morgan fingerprint density at radius 2 is 1.93 bits per heavy atom. The molecule has 0 spiro atoms. The lowest BCUT2D eigenvalue weighted by Crippen LogP contribution is -2.08. The first-order chi connectivity index (χ1) is 13.8. The second kappa shape index (κ2) is 6.47. The van der Waals surface area contributed by atoms with Gasteiger partial charge in [0.2, 0.25) is 17.8 Å². The van der Waals surface area contributed by atoms with E-state index in [0.29, 0.717) is 23.6 Å². The maximum atomic E-state index is 6.08. The first kappa shape index (κ1) is 15.9. The highest BCUT2D eigenvalue weighted by Gasteiger charge is 2.13. The first-order valence-corrected chi connectivity index (χ1v) is 8.46. The fourth-order valence-electron chi connectivity index (χ4n) is 2.95. The Balaban J connectivity index is 1.50. The molecule has 2 aromatic carbocycles. The Bertz CT molecular complexity index is 1260. The molecule has 9 nitrogen and oxygen atoms in total. The predicted molar refractivity (Wildman–Crippen MR) is 104 cm³/mol. The maximum Gasteiger partial charge on any atom is 0.241 e. The first-order valence-electron chi connectivity index (χ1n) is 8.46. The van der Waals surface area contributed by atoms with E-state index in [1.54, 1.807) is 10.8 Å². The number of nitrogens with two attached hydrogens (primary N) is 1. The molecule has 28 heavy (non-hydrogen) atoms. The zero-order valence-electron chi connectivity index (χ0n) is 14.5. The van der Waals surface area contributed by atoms with Gasteiger partial charge in [-0.3, -0.25) is 0 Å². The predicted octanol–water partition coefficient (Wildman–Crippen LogP) is 3.19. The molecule has 9 heteroatoms. The average Bonchev–Trinajstić information content (AvgIpc) is 3.35. The third-order valence-corrected chi connectivity index (χ3v) is 4.18. The van der Waals surface area contributed by atoms with E-state index in [-0.39, 0.29) is 0 Å². The highest BCUT2D eigenvalue weighted by molar-refractivity contribution is 5.80. The minimum Gasteiger partial charge on any atom is -0.444 e. The van der Waals surface area contributed by atoms with Crippen LogP contribution in [0.2, 0.25) is 0 Å². The van der Waals surface area contributed by atoms with Crippen LogP contribution in [0.5, 0.6) is 0 Å². The van der Waals surface area contributed by atoms with Crippen molar-refractivity contribution >= 4 is 28.6 Å². The topological polar surface area (TPSA) is 121 Å². The van der Waals surface area contributed by atoms with Crippen LogP contribution < -0.4 is 11.1 Å². The van der Waals surface area contributed by atoms with Crippen molar-refractivity contribution in [3.05, 3.63) is 67.4 Å². The summed E-state index contributed by atoms with van der Waals surface area (Å²) in [5, 5.41) is 3.18. The number of nitrogens with one attached hydrogen (secondary N) is 1. The molecular formula is C19H14N8O. The molecule has 136 valence electrons.